The Morgan fingerprint density at radius 1 is 1.25 bits per heavy atom. The van der Waals surface area contributed by atoms with Gasteiger partial charge in [0, 0.05) is 16.0 Å². The summed E-state index contributed by atoms with van der Waals surface area (Å²) in [5, 5.41) is 4.44. The molecule has 1 atom stereocenters. The van der Waals surface area contributed by atoms with E-state index in [4.69, 9.17) is 11.6 Å². The van der Waals surface area contributed by atoms with Gasteiger partial charge in [-0.1, -0.05) is 30.7 Å². The van der Waals surface area contributed by atoms with Crippen LogP contribution >= 0.6 is 11.6 Å². The number of nitrogens with one attached hydrogen (secondary N) is 1. The van der Waals surface area contributed by atoms with Crippen LogP contribution in [0.1, 0.15) is 39.2 Å². The summed E-state index contributed by atoms with van der Waals surface area (Å²) in [6.07, 6.45) is 2.37. The Morgan fingerprint density at radius 2 is 1.88 bits per heavy atom. The predicted molar refractivity (Wildman–Crippen MR) is 70.1 cm³/mol. The van der Waals surface area contributed by atoms with E-state index >= 15 is 0 Å². The number of rotatable bonds is 2. The van der Waals surface area contributed by atoms with E-state index in [9.17, 15) is 0 Å². The second-order valence-electron chi connectivity index (χ2n) is 5.24. The van der Waals surface area contributed by atoms with Crippen LogP contribution in [0.3, 0.4) is 0 Å². The largest absolute Gasteiger partial charge is 0.311 e. The zero-order valence-electron chi connectivity index (χ0n) is 10.3. The lowest BCUT2D eigenvalue weighted by Crippen LogP contribution is -2.49. The lowest BCUT2D eigenvalue weighted by atomic mass is 9.66. The maximum Gasteiger partial charge on any atom is 0.0406 e. The fourth-order valence-corrected chi connectivity index (χ4v) is 3.29. The Hall–Kier alpha value is -0.530. The molecular weight excluding hydrogens is 218 g/mol. The molecule has 0 amide bonds. The molecule has 1 unspecified atom stereocenters. The summed E-state index contributed by atoms with van der Waals surface area (Å²) in [6, 6.07) is 8.37. The first-order valence-corrected chi connectivity index (χ1v) is 6.41. The van der Waals surface area contributed by atoms with Crippen LogP contribution in [-0.2, 0) is 5.41 Å². The highest BCUT2D eigenvalue weighted by Gasteiger charge is 2.48. The first-order chi connectivity index (χ1) is 7.52. The van der Waals surface area contributed by atoms with Gasteiger partial charge in [-0.15, -0.1) is 0 Å². The van der Waals surface area contributed by atoms with Gasteiger partial charge in [0.25, 0.3) is 0 Å². The molecule has 16 heavy (non-hydrogen) atoms. The Morgan fingerprint density at radius 3 is 2.31 bits per heavy atom. The molecule has 1 aliphatic heterocycles. The van der Waals surface area contributed by atoms with E-state index in [0.29, 0.717) is 0 Å². The van der Waals surface area contributed by atoms with Gasteiger partial charge in [0.2, 0.25) is 0 Å². The first kappa shape index (κ1) is 11.9. The first-order valence-electron chi connectivity index (χ1n) is 6.03. The maximum atomic E-state index is 5.96. The monoisotopic (exact) mass is 237 g/mol. The van der Waals surface area contributed by atoms with Crippen molar-refractivity contribution >= 4 is 11.6 Å². The Labute approximate surface area is 103 Å². The molecule has 1 fully saturated rings. The molecule has 88 valence electrons. The summed E-state index contributed by atoms with van der Waals surface area (Å²) in [7, 11) is 0. The van der Waals surface area contributed by atoms with Crippen LogP contribution in [0, 0.1) is 0 Å². The van der Waals surface area contributed by atoms with E-state index in [1.807, 2.05) is 12.1 Å². The average Bonchev–Trinajstić information content (AvgIpc) is 2.55. The Bertz CT molecular complexity index is 369. The van der Waals surface area contributed by atoms with Gasteiger partial charge in [-0.2, -0.15) is 0 Å². The SMILES string of the molecule is CCC1(c2ccc(Cl)cc2)CCNC1(C)C. The van der Waals surface area contributed by atoms with E-state index in [0.717, 1.165) is 18.0 Å². The normalized spacial score (nSPS) is 28.2. The summed E-state index contributed by atoms with van der Waals surface area (Å²) < 4.78 is 0. The van der Waals surface area contributed by atoms with Crippen LogP contribution in [0.2, 0.25) is 5.02 Å². The van der Waals surface area contributed by atoms with Crippen LogP contribution in [0.15, 0.2) is 24.3 Å². The van der Waals surface area contributed by atoms with E-state index in [1.54, 1.807) is 0 Å². The molecule has 1 aromatic rings. The van der Waals surface area contributed by atoms with Crippen molar-refractivity contribution in [3.63, 3.8) is 0 Å². The van der Waals surface area contributed by atoms with Crippen molar-refractivity contribution in [2.75, 3.05) is 6.54 Å². The van der Waals surface area contributed by atoms with E-state index in [-0.39, 0.29) is 11.0 Å². The van der Waals surface area contributed by atoms with Crippen molar-refractivity contribution in [3.8, 4) is 0 Å². The second kappa shape index (κ2) is 4.05. The number of benzene rings is 1. The summed E-state index contributed by atoms with van der Waals surface area (Å²) in [5.41, 5.74) is 1.82. The highest BCUT2D eigenvalue weighted by molar-refractivity contribution is 6.30. The summed E-state index contributed by atoms with van der Waals surface area (Å²) >= 11 is 5.96. The van der Waals surface area contributed by atoms with Crippen LogP contribution in [0.25, 0.3) is 0 Å². The zero-order chi connectivity index (χ0) is 11.8. The summed E-state index contributed by atoms with van der Waals surface area (Å²) in [5.74, 6) is 0. The van der Waals surface area contributed by atoms with Gasteiger partial charge in [-0.25, -0.2) is 0 Å². The van der Waals surface area contributed by atoms with Crippen LogP contribution in [0.4, 0.5) is 0 Å². The molecule has 0 spiro atoms. The van der Waals surface area contributed by atoms with Gasteiger partial charge in [0.15, 0.2) is 0 Å². The summed E-state index contributed by atoms with van der Waals surface area (Å²) in [4.78, 5) is 0. The van der Waals surface area contributed by atoms with E-state index in [1.165, 1.54) is 12.0 Å². The molecule has 1 saturated heterocycles. The third-order valence-corrected chi connectivity index (χ3v) is 4.57. The van der Waals surface area contributed by atoms with Gasteiger partial charge in [-0.3, -0.25) is 0 Å². The van der Waals surface area contributed by atoms with Gasteiger partial charge >= 0.3 is 0 Å². The molecule has 0 bridgehead atoms. The molecule has 0 saturated carbocycles. The highest BCUT2D eigenvalue weighted by Crippen LogP contribution is 2.45. The van der Waals surface area contributed by atoms with E-state index < -0.39 is 0 Å². The van der Waals surface area contributed by atoms with Crippen molar-refractivity contribution in [2.24, 2.45) is 0 Å². The fourth-order valence-electron chi connectivity index (χ4n) is 3.17. The van der Waals surface area contributed by atoms with Crippen LogP contribution in [-0.4, -0.2) is 12.1 Å². The third kappa shape index (κ3) is 1.66. The summed E-state index contributed by atoms with van der Waals surface area (Å²) in [6.45, 7) is 7.99. The van der Waals surface area contributed by atoms with Crippen molar-refractivity contribution in [1.82, 2.24) is 5.32 Å². The molecule has 1 aliphatic rings. The van der Waals surface area contributed by atoms with Gasteiger partial charge in [0.05, 0.1) is 0 Å². The molecule has 1 N–H and O–H groups in total. The molecule has 1 nitrogen and oxygen atoms in total. The molecule has 0 aromatic heterocycles. The fraction of sp³-hybridized carbons (Fsp3) is 0.571. The smallest absolute Gasteiger partial charge is 0.0406 e. The minimum Gasteiger partial charge on any atom is -0.311 e. The standard InChI is InChI=1S/C14H20ClN/c1-4-14(9-10-16-13(14,2)3)11-5-7-12(15)8-6-11/h5-8,16H,4,9-10H2,1-3H3. The van der Waals surface area contributed by atoms with Gasteiger partial charge in [0.1, 0.15) is 0 Å². The van der Waals surface area contributed by atoms with Crippen molar-refractivity contribution in [3.05, 3.63) is 34.9 Å². The molecule has 0 aliphatic carbocycles. The van der Waals surface area contributed by atoms with Crippen molar-refractivity contribution in [2.45, 2.75) is 44.6 Å². The molecular formula is C14H20ClN. The highest BCUT2D eigenvalue weighted by atomic mass is 35.5. The lowest BCUT2D eigenvalue weighted by Gasteiger charge is -2.41. The average molecular weight is 238 g/mol. The minimum atomic E-state index is 0.162. The van der Waals surface area contributed by atoms with Gasteiger partial charge in [-0.05, 0) is 50.9 Å². The Kier molecular flexibility index (Phi) is 3.02. The van der Waals surface area contributed by atoms with Crippen molar-refractivity contribution < 1.29 is 0 Å². The van der Waals surface area contributed by atoms with Crippen LogP contribution < -0.4 is 5.32 Å². The number of hydrogen-bond donors (Lipinski definition) is 1. The predicted octanol–water partition coefficient (Wildman–Crippen LogP) is 3.76. The molecule has 0 radical (unpaired) electrons. The molecule has 2 heteroatoms. The van der Waals surface area contributed by atoms with Gasteiger partial charge < -0.3 is 5.32 Å². The molecule has 1 aromatic carbocycles. The quantitative estimate of drug-likeness (QED) is 0.826. The maximum absolute atomic E-state index is 5.96. The second-order valence-corrected chi connectivity index (χ2v) is 5.68. The zero-order valence-corrected chi connectivity index (χ0v) is 11.1. The number of hydrogen-bond acceptors (Lipinski definition) is 1. The lowest BCUT2D eigenvalue weighted by molar-refractivity contribution is 0.263. The molecule has 2 rings (SSSR count). The van der Waals surface area contributed by atoms with E-state index in [2.05, 4.69) is 38.2 Å². The Balaban J connectivity index is 2.46. The third-order valence-electron chi connectivity index (χ3n) is 4.32. The number of halogens is 1. The topological polar surface area (TPSA) is 12.0 Å². The minimum absolute atomic E-state index is 0.162. The molecule has 1 heterocycles. The van der Waals surface area contributed by atoms with Crippen LogP contribution in [0.5, 0.6) is 0 Å². The van der Waals surface area contributed by atoms with Crippen molar-refractivity contribution in [1.29, 1.82) is 0 Å².